The summed E-state index contributed by atoms with van der Waals surface area (Å²) in [6.07, 6.45) is 0.194. The van der Waals surface area contributed by atoms with Crippen molar-refractivity contribution in [3.05, 3.63) is 59.2 Å². The van der Waals surface area contributed by atoms with Gasteiger partial charge in [0.25, 0.3) is 5.91 Å². The second-order valence-electron chi connectivity index (χ2n) is 6.19. The molecule has 1 aliphatic rings. The van der Waals surface area contributed by atoms with Crippen LogP contribution >= 0.6 is 0 Å². The summed E-state index contributed by atoms with van der Waals surface area (Å²) in [5, 5.41) is 3.10. The van der Waals surface area contributed by atoms with Gasteiger partial charge in [0, 0.05) is 0 Å². The molecule has 0 unspecified atom stereocenters. The van der Waals surface area contributed by atoms with Gasteiger partial charge >= 0.3 is 0 Å². The number of ether oxygens (including phenoxy) is 2. The second-order valence-corrected chi connectivity index (χ2v) is 6.19. The fourth-order valence-electron chi connectivity index (χ4n) is 3.03. The summed E-state index contributed by atoms with van der Waals surface area (Å²) in [7, 11) is 0. The van der Waals surface area contributed by atoms with Crippen molar-refractivity contribution in [3.8, 4) is 11.5 Å². The number of hydrogen-bond acceptors (Lipinski definition) is 3. The Bertz CT molecular complexity index is 741. The highest BCUT2D eigenvalue weighted by Crippen LogP contribution is 2.31. The van der Waals surface area contributed by atoms with Crippen LogP contribution in [0.1, 0.15) is 36.1 Å². The SMILES string of the molecule is CC[C@@H](NC(=O)[C@@H]1COc2ccccc2O1)c1ccc(C)cc1C. The Morgan fingerprint density at radius 1 is 1.21 bits per heavy atom. The van der Waals surface area contributed by atoms with Crippen molar-refractivity contribution >= 4 is 5.91 Å². The lowest BCUT2D eigenvalue weighted by atomic mass is 9.97. The van der Waals surface area contributed by atoms with E-state index in [0.29, 0.717) is 11.5 Å². The maximum Gasteiger partial charge on any atom is 0.265 e. The summed E-state index contributed by atoms with van der Waals surface area (Å²) in [5.74, 6) is 1.16. The number of hydrogen-bond donors (Lipinski definition) is 1. The third kappa shape index (κ3) is 3.37. The van der Waals surface area contributed by atoms with Crippen molar-refractivity contribution in [2.75, 3.05) is 6.61 Å². The topological polar surface area (TPSA) is 47.6 Å². The molecule has 0 aromatic heterocycles. The lowest BCUT2D eigenvalue weighted by Gasteiger charge is -2.28. The molecule has 0 saturated heterocycles. The van der Waals surface area contributed by atoms with Gasteiger partial charge in [-0.05, 0) is 43.5 Å². The first kappa shape index (κ1) is 16.4. The van der Waals surface area contributed by atoms with Gasteiger partial charge in [-0.1, -0.05) is 42.8 Å². The largest absolute Gasteiger partial charge is 0.485 e. The molecule has 1 aliphatic heterocycles. The van der Waals surface area contributed by atoms with Crippen molar-refractivity contribution in [1.82, 2.24) is 5.32 Å². The van der Waals surface area contributed by atoms with Gasteiger partial charge in [0.2, 0.25) is 6.10 Å². The van der Waals surface area contributed by atoms with Crippen molar-refractivity contribution in [1.29, 1.82) is 0 Å². The Kier molecular flexibility index (Phi) is 4.74. The van der Waals surface area contributed by atoms with Crippen molar-refractivity contribution < 1.29 is 14.3 Å². The third-order valence-corrected chi connectivity index (χ3v) is 4.33. The van der Waals surface area contributed by atoms with E-state index in [1.807, 2.05) is 24.3 Å². The molecule has 126 valence electrons. The molecule has 1 N–H and O–H groups in total. The molecule has 3 rings (SSSR count). The molecule has 0 radical (unpaired) electrons. The molecule has 4 nitrogen and oxygen atoms in total. The van der Waals surface area contributed by atoms with Gasteiger partial charge in [0.1, 0.15) is 6.61 Å². The number of fused-ring (bicyclic) bond motifs is 1. The van der Waals surface area contributed by atoms with E-state index in [2.05, 4.69) is 44.3 Å². The first-order valence-electron chi connectivity index (χ1n) is 8.34. The van der Waals surface area contributed by atoms with Crippen LogP contribution in [0, 0.1) is 13.8 Å². The predicted molar refractivity (Wildman–Crippen MR) is 93.4 cm³/mol. The summed E-state index contributed by atoms with van der Waals surface area (Å²) in [4.78, 5) is 12.6. The number of benzene rings is 2. The zero-order valence-electron chi connectivity index (χ0n) is 14.3. The highest BCUT2D eigenvalue weighted by Gasteiger charge is 2.29. The lowest BCUT2D eigenvalue weighted by molar-refractivity contribution is -0.131. The van der Waals surface area contributed by atoms with Crippen LogP contribution in [0.4, 0.5) is 0 Å². The molecular formula is C20H23NO3. The van der Waals surface area contributed by atoms with Crippen molar-refractivity contribution in [3.63, 3.8) is 0 Å². The van der Waals surface area contributed by atoms with E-state index in [-0.39, 0.29) is 18.6 Å². The molecule has 2 atom stereocenters. The van der Waals surface area contributed by atoms with Crippen molar-refractivity contribution in [2.24, 2.45) is 0 Å². The van der Waals surface area contributed by atoms with Crippen molar-refractivity contribution in [2.45, 2.75) is 39.3 Å². The molecule has 24 heavy (non-hydrogen) atoms. The zero-order chi connectivity index (χ0) is 17.1. The summed E-state index contributed by atoms with van der Waals surface area (Å²) in [6.45, 7) is 6.44. The minimum atomic E-state index is -0.625. The molecule has 4 heteroatoms. The Morgan fingerprint density at radius 2 is 1.96 bits per heavy atom. The van der Waals surface area contributed by atoms with Crippen LogP contribution in [0.25, 0.3) is 0 Å². The molecule has 2 aromatic rings. The molecule has 0 fully saturated rings. The van der Waals surface area contributed by atoms with Crippen LogP contribution in [-0.2, 0) is 4.79 Å². The van der Waals surface area contributed by atoms with Crippen LogP contribution in [0.2, 0.25) is 0 Å². The summed E-state index contributed by atoms with van der Waals surface area (Å²) in [6, 6.07) is 13.7. The first-order valence-corrected chi connectivity index (χ1v) is 8.34. The number of para-hydroxylation sites is 2. The molecule has 1 heterocycles. The average molecular weight is 325 g/mol. The quantitative estimate of drug-likeness (QED) is 0.932. The minimum absolute atomic E-state index is 0.0288. The van der Waals surface area contributed by atoms with Crippen LogP contribution in [0.15, 0.2) is 42.5 Å². The zero-order valence-corrected chi connectivity index (χ0v) is 14.3. The number of rotatable bonds is 4. The maximum atomic E-state index is 12.6. The van der Waals surface area contributed by atoms with Crippen LogP contribution in [-0.4, -0.2) is 18.6 Å². The van der Waals surface area contributed by atoms with Gasteiger partial charge in [-0.2, -0.15) is 0 Å². The Labute approximate surface area is 142 Å². The summed E-state index contributed by atoms with van der Waals surface area (Å²) < 4.78 is 11.4. The minimum Gasteiger partial charge on any atom is -0.485 e. The van der Waals surface area contributed by atoms with E-state index in [9.17, 15) is 4.79 Å². The van der Waals surface area contributed by atoms with Gasteiger partial charge < -0.3 is 14.8 Å². The monoisotopic (exact) mass is 325 g/mol. The van der Waals surface area contributed by atoms with Crippen LogP contribution in [0.3, 0.4) is 0 Å². The number of aryl methyl sites for hydroxylation is 2. The molecule has 0 spiro atoms. The Morgan fingerprint density at radius 3 is 2.67 bits per heavy atom. The molecule has 0 saturated carbocycles. The Hall–Kier alpha value is -2.49. The molecule has 0 aliphatic carbocycles. The van der Waals surface area contributed by atoms with Gasteiger partial charge in [-0.3, -0.25) is 4.79 Å². The summed E-state index contributed by atoms with van der Waals surface area (Å²) in [5.41, 5.74) is 3.56. The highest BCUT2D eigenvalue weighted by atomic mass is 16.6. The first-order chi connectivity index (χ1) is 11.6. The number of carbonyl (C=O) groups excluding carboxylic acids is 1. The third-order valence-electron chi connectivity index (χ3n) is 4.33. The number of nitrogens with one attached hydrogen (secondary N) is 1. The van der Waals surface area contributed by atoms with Gasteiger partial charge in [0.05, 0.1) is 6.04 Å². The van der Waals surface area contributed by atoms with Gasteiger partial charge in [-0.25, -0.2) is 0 Å². The molecule has 0 bridgehead atoms. The lowest BCUT2D eigenvalue weighted by Crippen LogP contribution is -2.45. The maximum absolute atomic E-state index is 12.6. The summed E-state index contributed by atoms with van der Waals surface area (Å²) >= 11 is 0. The van der Waals surface area contributed by atoms with Crippen LogP contribution < -0.4 is 14.8 Å². The van der Waals surface area contributed by atoms with Gasteiger partial charge in [0.15, 0.2) is 11.5 Å². The van der Waals surface area contributed by atoms with E-state index >= 15 is 0 Å². The molecular weight excluding hydrogens is 302 g/mol. The van der Waals surface area contributed by atoms with Crippen LogP contribution in [0.5, 0.6) is 11.5 Å². The Balaban J connectivity index is 1.71. The van der Waals surface area contributed by atoms with E-state index < -0.39 is 6.10 Å². The number of carbonyl (C=O) groups is 1. The van der Waals surface area contributed by atoms with E-state index in [1.165, 1.54) is 11.1 Å². The van der Waals surface area contributed by atoms with E-state index in [1.54, 1.807) is 0 Å². The normalized spacial score (nSPS) is 17.2. The standard InChI is InChI=1S/C20H23NO3/c1-4-16(15-10-9-13(2)11-14(15)3)21-20(22)19-12-23-17-7-5-6-8-18(17)24-19/h5-11,16,19H,4,12H2,1-3H3,(H,21,22)/t16-,19+/m1/s1. The fraction of sp³-hybridized carbons (Fsp3) is 0.350. The average Bonchev–Trinajstić information content (AvgIpc) is 2.59. The fourth-order valence-corrected chi connectivity index (χ4v) is 3.03. The smallest absolute Gasteiger partial charge is 0.265 e. The molecule has 1 amide bonds. The predicted octanol–water partition coefficient (Wildman–Crippen LogP) is 3.71. The second kappa shape index (κ2) is 6.95. The van der Waals surface area contributed by atoms with E-state index in [0.717, 1.165) is 12.0 Å². The molecule has 2 aromatic carbocycles. The highest BCUT2D eigenvalue weighted by molar-refractivity contribution is 5.82. The number of amides is 1. The van der Waals surface area contributed by atoms with E-state index in [4.69, 9.17) is 9.47 Å². The van der Waals surface area contributed by atoms with Gasteiger partial charge in [-0.15, -0.1) is 0 Å².